The molecule has 10 heteroatoms. The summed E-state index contributed by atoms with van der Waals surface area (Å²) in [7, 11) is 1.81. The van der Waals surface area contributed by atoms with Gasteiger partial charge in [-0.05, 0) is 12.3 Å². The van der Waals surface area contributed by atoms with Crippen molar-refractivity contribution in [3.05, 3.63) is 48.9 Å². The molecule has 0 aliphatic heterocycles. The average molecular weight is 373 g/mol. The van der Waals surface area contributed by atoms with Gasteiger partial charge in [-0.25, -0.2) is 19.7 Å². The summed E-state index contributed by atoms with van der Waals surface area (Å²) in [5.74, 6) is 1.08. The number of hydrogen-bond donors (Lipinski definition) is 1. The van der Waals surface area contributed by atoms with E-state index in [9.17, 15) is 4.79 Å². The molecule has 1 unspecified atom stereocenters. The van der Waals surface area contributed by atoms with Gasteiger partial charge in [-0.15, -0.1) is 0 Å². The summed E-state index contributed by atoms with van der Waals surface area (Å²) in [6, 6.07) is -0.517. The number of carbonyl (C=O) groups is 1. The van der Waals surface area contributed by atoms with Crippen LogP contribution >= 0.6 is 0 Å². The molecule has 0 spiro atoms. The minimum Gasteiger partial charge on any atom is -0.451 e. The van der Waals surface area contributed by atoms with Gasteiger partial charge in [0.15, 0.2) is 12.8 Å². The quantitative estimate of drug-likeness (QED) is 0.644. The Kier molecular flexibility index (Phi) is 5.84. The van der Waals surface area contributed by atoms with E-state index in [2.05, 4.69) is 39.2 Å². The van der Waals surface area contributed by atoms with Crippen molar-refractivity contribution in [2.24, 2.45) is 13.0 Å². The molecule has 3 aromatic rings. The first-order chi connectivity index (χ1) is 13.0. The molecule has 1 atom stereocenters. The zero-order valence-corrected chi connectivity index (χ0v) is 15.6. The molecule has 27 heavy (non-hydrogen) atoms. The van der Waals surface area contributed by atoms with Crippen LogP contribution in [0.1, 0.15) is 43.5 Å². The lowest BCUT2D eigenvalue weighted by Gasteiger charge is -2.26. The molecule has 0 bridgehead atoms. The van der Waals surface area contributed by atoms with Crippen LogP contribution in [0.4, 0.5) is 4.79 Å². The standard InChI is InChI=1S/C17H23N7O3/c1-12(2)4-15(16-18-9-21-23(16)3)22-17(25)24(5-13-7-26-10-19-13)6-14-8-27-11-20-14/h7-12,15H,4-6H2,1-3H3,(H,22,25). The van der Waals surface area contributed by atoms with Gasteiger partial charge in [-0.3, -0.25) is 4.68 Å². The molecule has 0 fully saturated rings. The monoisotopic (exact) mass is 373 g/mol. The summed E-state index contributed by atoms with van der Waals surface area (Å²) in [6.45, 7) is 4.75. The van der Waals surface area contributed by atoms with Crippen LogP contribution < -0.4 is 5.32 Å². The molecule has 0 saturated heterocycles. The summed E-state index contributed by atoms with van der Waals surface area (Å²) >= 11 is 0. The van der Waals surface area contributed by atoms with Gasteiger partial charge in [0.25, 0.3) is 0 Å². The number of rotatable bonds is 8. The zero-order valence-electron chi connectivity index (χ0n) is 15.6. The van der Waals surface area contributed by atoms with Crippen molar-refractivity contribution >= 4 is 6.03 Å². The number of carbonyl (C=O) groups excluding carboxylic acids is 1. The molecular weight excluding hydrogens is 350 g/mol. The maximum atomic E-state index is 13.0. The maximum absolute atomic E-state index is 13.0. The van der Waals surface area contributed by atoms with Gasteiger partial charge in [-0.1, -0.05) is 13.8 Å². The van der Waals surface area contributed by atoms with Crippen LogP contribution in [0, 0.1) is 5.92 Å². The third-order valence-corrected chi connectivity index (χ3v) is 4.02. The largest absolute Gasteiger partial charge is 0.451 e. The number of aromatic nitrogens is 5. The van der Waals surface area contributed by atoms with E-state index < -0.39 is 0 Å². The van der Waals surface area contributed by atoms with Crippen LogP contribution in [-0.2, 0) is 20.1 Å². The summed E-state index contributed by atoms with van der Waals surface area (Å²) in [5, 5.41) is 7.18. The van der Waals surface area contributed by atoms with Crippen LogP contribution in [0.5, 0.6) is 0 Å². The van der Waals surface area contributed by atoms with E-state index in [1.54, 1.807) is 9.58 Å². The third-order valence-electron chi connectivity index (χ3n) is 4.02. The van der Waals surface area contributed by atoms with Crippen molar-refractivity contribution in [2.75, 3.05) is 0 Å². The van der Waals surface area contributed by atoms with E-state index >= 15 is 0 Å². The fraction of sp³-hybridized carbons (Fsp3) is 0.471. The average Bonchev–Trinajstić information content (AvgIpc) is 3.36. The second kappa shape index (κ2) is 8.47. The van der Waals surface area contributed by atoms with E-state index in [1.165, 1.54) is 31.6 Å². The number of nitrogens with one attached hydrogen (secondary N) is 1. The first-order valence-electron chi connectivity index (χ1n) is 8.66. The number of nitrogens with zero attached hydrogens (tertiary/aromatic N) is 6. The maximum Gasteiger partial charge on any atom is 0.318 e. The van der Waals surface area contributed by atoms with E-state index in [-0.39, 0.29) is 25.2 Å². The second-order valence-corrected chi connectivity index (χ2v) is 6.69. The number of oxazole rings is 2. The minimum absolute atomic E-state index is 0.255. The van der Waals surface area contributed by atoms with E-state index in [4.69, 9.17) is 8.83 Å². The van der Waals surface area contributed by atoms with E-state index in [0.717, 1.165) is 6.42 Å². The Morgan fingerprint density at radius 1 is 1.15 bits per heavy atom. The fourth-order valence-electron chi connectivity index (χ4n) is 2.78. The number of urea groups is 1. The zero-order chi connectivity index (χ0) is 19.2. The van der Waals surface area contributed by atoms with Crippen LogP contribution in [0.2, 0.25) is 0 Å². The molecule has 3 heterocycles. The smallest absolute Gasteiger partial charge is 0.318 e. The molecule has 2 amide bonds. The van der Waals surface area contributed by atoms with Crippen molar-refractivity contribution in [2.45, 2.75) is 39.4 Å². The molecule has 3 rings (SSSR count). The van der Waals surface area contributed by atoms with Crippen LogP contribution in [0.15, 0.2) is 40.5 Å². The third kappa shape index (κ3) is 4.93. The van der Waals surface area contributed by atoms with Gasteiger partial charge in [0, 0.05) is 7.05 Å². The number of amides is 2. The minimum atomic E-state index is -0.262. The predicted octanol–water partition coefficient (Wildman–Crippen LogP) is 2.29. The second-order valence-electron chi connectivity index (χ2n) is 6.69. The lowest BCUT2D eigenvalue weighted by Crippen LogP contribution is -2.42. The topological polar surface area (TPSA) is 115 Å². The van der Waals surface area contributed by atoms with E-state index in [1.807, 2.05) is 7.05 Å². The molecule has 144 valence electrons. The summed E-state index contributed by atoms with van der Waals surface area (Å²) in [6.07, 6.45) is 7.91. The Balaban J connectivity index is 1.77. The van der Waals surface area contributed by atoms with Crippen molar-refractivity contribution in [1.82, 2.24) is 34.9 Å². The van der Waals surface area contributed by atoms with Gasteiger partial charge in [0.05, 0.1) is 30.5 Å². The molecule has 1 N–H and O–H groups in total. The molecule has 0 aromatic carbocycles. The van der Waals surface area contributed by atoms with Crippen molar-refractivity contribution in [3.8, 4) is 0 Å². The normalized spacial score (nSPS) is 12.3. The van der Waals surface area contributed by atoms with Crippen molar-refractivity contribution in [3.63, 3.8) is 0 Å². The Morgan fingerprint density at radius 2 is 1.78 bits per heavy atom. The molecule has 0 saturated carbocycles. The first kappa shape index (κ1) is 18.6. The highest BCUT2D eigenvalue weighted by molar-refractivity contribution is 5.74. The van der Waals surface area contributed by atoms with Gasteiger partial charge < -0.3 is 19.1 Å². The Bertz CT molecular complexity index is 790. The summed E-state index contributed by atoms with van der Waals surface area (Å²) < 4.78 is 11.7. The van der Waals surface area contributed by atoms with Gasteiger partial charge in [-0.2, -0.15) is 5.10 Å². The fourth-order valence-corrected chi connectivity index (χ4v) is 2.78. The summed E-state index contributed by atoms with van der Waals surface area (Å²) in [5.41, 5.74) is 1.29. The highest BCUT2D eigenvalue weighted by Crippen LogP contribution is 2.20. The van der Waals surface area contributed by atoms with Crippen molar-refractivity contribution < 1.29 is 13.6 Å². The van der Waals surface area contributed by atoms with Gasteiger partial charge in [0.1, 0.15) is 24.7 Å². The molecule has 0 aliphatic carbocycles. The highest BCUT2D eigenvalue weighted by atomic mass is 16.3. The van der Waals surface area contributed by atoms with Crippen LogP contribution in [-0.4, -0.2) is 35.7 Å². The molecule has 0 aliphatic rings. The van der Waals surface area contributed by atoms with Crippen LogP contribution in [0.25, 0.3) is 0 Å². The molecule has 3 aromatic heterocycles. The Morgan fingerprint density at radius 3 is 2.22 bits per heavy atom. The highest BCUT2D eigenvalue weighted by Gasteiger charge is 2.24. The first-order valence-corrected chi connectivity index (χ1v) is 8.66. The molecule has 10 nitrogen and oxygen atoms in total. The summed E-state index contributed by atoms with van der Waals surface area (Å²) in [4.78, 5) is 27.1. The molecule has 0 radical (unpaired) electrons. The predicted molar refractivity (Wildman–Crippen MR) is 94.0 cm³/mol. The lowest BCUT2D eigenvalue weighted by molar-refractivity contribution is 0.184. The van der Waals surface area contributed by atoms with Crippen molar-refractivity contribution in [1.29, 1.82) is 0 Å². The Hall–Kier alpha value is -3.17. The molecular formula is C17H23N7O3. The lowest BCUT2D eigenvalue weighted by atomic mass is 10.0. The SMILES string of the molecule is CC(C)CC(NC(=O)N(Cc1cocn1)Cc1cocn1)c1ncnn1C. The van der Waals surface area contributed by atoms with Crippen LogP contribution in [0.3, 0.4) is 0 Å². The van der Waals surface area contributed by atoms with E-state index in [0.29, 0.717) is 23.1 Å². The van der Waals surface area contributed by atoms with Gasteiger partial charge in [0.2, 0.25) is 0 Å². The van der Waals surface area contributed by atoms with Gasteiger partial charge >= 0.3 is 6.03 Å². The number of hydrogen-bond acceptors (Lipinski definition) is 7. The number of aryl methyl sites for hydroxylation is 1. The Labute approximate surface area is 156 Å².